The molecule has 2 aliphatic rings. The van der Waals surface area contributed by atoms with Gasteiger partial charge in [0.2, 0.25) is 5.91 Å². The van der Waals surface area contributed by atoms with Crippen molar-refractivity contribution >= 4 is 11.8 Å². The van der Waals surface area contributed by atoms with Gasteiger partial charge in [-0.15, -0.1) is 0 Å². The summed E-state index contributed by atoms with van der Waals surface area (Å²) in [5.41, 5.74) is 0.678. The minimum absolute atomic E-state index is 0.0443. The number of hydrogen-bond donors (Lipinski definition) is 0. The third-order valence-corrected chi connectivity index (χ3v) is 6.77. The number of carbonyl (C=O) groups excluding carboxylic acids is 2. The van der Waals surface area contributed by atoms with Crippen LogP contribution in [0.15, 0.2) is 18.2 Å². The fourth-order valence-corrected chi connectivity index (χ4v) is 4.64. The van der Waals surface area contributed by atoms with Crippen molar-refractivity contribution in [2.45, 2.75) is 50.6 Å². The second-order valence-electron chi connectivity index (χ2n) is 9.08. The van der Waals surface area contributed by atoms with Crippen molar-refractivity contribution in [2.24, 2.45) is 5.92 Å². The molecule has 3 rings (SSSR count). The molecule has 0 aromatic heterocycles. The number of nitriles is 1. The van der Waals surface area contributed by atoms with Crippen LogP contribution in [0.4, 0.5) is 0 Å². The fraction of sp³-hybridized carbons (Fsp3) is 0.640. The van der Waals surface area contributed by atoms with Crippen molar-refractivity contribution < 1.29 is 28.5 Å². The molecule has 9 nitrogen and oxygen atoms in total. The Bertz CT molecular complexity index is 916. The number of hydrogen-bond acceptors (Lipinski definition) is 7. The third kappa shape index (κ3) is 5.87. The van der Waals surface area contributed by atoms with E-state index in [0.29, 0.717) is 36.4 Å². The maximum Gasteiger partial charge on any atom is 0.257 e. The molecule has 0 saturated carbocycles. The SMILES string of the molecule is CO[C@H]1CN(C)C(=O)c2cc(C#N)ccc2OCC[C@H]2CC[C@@H](OC)[C@@H](CN(C)C(=O)[C@H]1C)O2. The quantitative estimate of drug-likeness (QED) is 0.648. The van der Waals surface area contributed by atoms with Crippen molar-refractivity contribution in [1.29, 1.82) is 5.26 Å². The molecule has 1 aromatic carbocycles. The van der Waals surface area contributed by atoms with Crippen LogP contribution >= 0.6 is 0 Å². The monoisotopic (exact) mass is 473 g/mol. The second-order valence-corrected chi connectivity index (χ2v) is 9.08. The summed E-state index contributed by atoms with van der Waals surface area (Å²) in [7, 11) is 6.61. The molecule has 5 atom stereocenters. The highest BCUT2D eigenvalue weighted by atomic mass is 16.5. The summed E-state index contributed by atoms with van der Waals surface area (Å²) in [4.78, 5) is 29.7. The zero-order chi connectivity index (χ0) is 24.8. The summed E-state index contributed by atoms with van der Waals surface area (Å²) in [6, 6.07) is 6.90. The Kier molecular flexibility index (Phi) is 8.89. The van der Waals surface area contributed by atoms with Crippen molar-refractivity contribution in [1.82, 2.24) is 9.80 Å². The summed E-state index contributed by atoms with van der Waals surface area (Å²) in [6.07, 6.45) is 1.39. The van der Waals surface area contributed by atoms with Gasteiger partial charge in [0.15, 0.2) is 0 Å². The maximum absolute atomic E-state index is 13.3. The normalized spacial score (nSPS) is 29.2. The number of nitrogens with zero attached hydrogens (tertiary/aromatic N) is 3. The standard InChI is InChI=1S/C25H35N3O6/c1-16-22(32-5)14-28(3)25(30)19-12-17(13-26)6-8-20(19)33-11-10-18-7-9-21(31-4)23(34-18)15-27(2)24(16)29/h6,8,12,16,18,21-23H,7,9-11,14-15H2,1-5H3/t16-,18+,21+,22-,23+/m0/s1. The largest absolute Gasteiger partial charge is 0.493 e. The van der Waals surface area contributed by atoms with Crippen molar-refractivity contribution in [3.05, 3.63) is 29.3 Å². The smallest absolute Gasteiger partial charge is 0.257 e. The van der Waals surface area contributed by atoms with E-state index in [0.717, 1.165) is 12.8 Å². The minimum atomic E-state index is -0.515. The van der Waals surface area contributed by atoms with Crippen LogP contribution in [0.25, 0.3) is 0 Å². The zero-order valence-corrected chi connectivity index (χ0v) is 20.7. The molecule has 9 heteroatoms. The lowest BCUT2D eigenvalue weighted by Gasteiger charge is -2.38. The number of likely N-dealkylation sites (N-methyl/N-ethyl adjacent to an activating group) is 2. The number of benzene rings is 1. The molecule has 2 amide bonds. The van der Waals surface area contributed by atoms with E-state index in [1.807, 2.05) is 0 Å². The fourth-order valence-electron chi connectivity index (χ4n) is 4.64. The van der Waals surface area contributed by atoms with E-state index in [9.17, 15) is 14.9 Å². The minimum Gasteiger partial charge on any atom is -0.493 e. The Balaban J connectivity index is 1.93. The number of carbonyl (C=O) groups is 2. The van der Waals surface area contributed by atoms with Gasteiger partial charge in [-0.2, -0.15) is 5.26 Å². The van der Waals surface area contributed by atoms with E-state index < -0.39 is 12.0 Å². The number of fused-ring (bicyclic) bond motifs is 3. The molecular weight excluding hydrogens is 438 g/mol. The van der Waals surface area contributed by atoms with E-state index in [2.05, 4.69) is 6.07 Å². The summed E-state index contributed by atoms with van der Waals surface area (Å²) in [6.45, 7) is 2.77. The van der Waals surface area contributed by atoms with Crippen molar-refractivity contribution in [2.75, 3.05) is 48.0 Å². The van der Waals surface area contributed by atoms with Crippen molar-refractivity contribution in [3.63, 3.8) is 0 Å². The molecule has 1 saturated heterocycles. The van der Waals surface area contributed by atoms with Gasteiger partial charge in [-0.25, -0.2) is 0 Å². The molecule has 0 unspecified atom stereocenters. The Morgan fingerprint density at radius 3 is 2.44 bits per heavy atom. The highest BCUT2D eigenvalue weighted by Crippen LogP contribution is 2.27. The molecular formula is C25H35N3O6. The van der Waals surface area contributed by atoms with Crippen molar-refractivity contribution in [3.8, 4) is 11.8 Å². The first-order valence-corrected chi connectivity index (χ1v) is 11.7. The van der Waals surface area contributed by atoms with E-state index in [4.69, 9.17) is 18.9 Å². The molecule has 1 fully saturated rings. The number of methoxy groups -OCH3 is 2. The van der Waals surface area contributed by atoms with Crippen LogP contribution in [-0.4, -0.2) is 94.0 Å². The summed E-state index contributed by atoms with van der Waals surface area (Å²) in [5.74, 6) is -0.454. The molecule has 0 aliphatic carbocycles. The first-order chi connectivity index (χ1) is 16.3. The van der Waals surface area contributed by atoms with Crippen LogP contribution in [0.3, 0.4) is 0 Å². The van der Waals surface area contributed by atoms with Gasteiger partial charge in [0.05, 0.1) is 48.0 Å². The highest BCUT2D eigenvalue weighted by molar-refractivity contribution is 5.97. The van der Waals surface area contributed by atoms with Gasteiger partial charge in [-0.05, 0) is 31.0 Å². The lowest BCUT2D eigenvalue weighted by atomic mass is 9.97. The number of rotatable bonds is 2. The molecule has 186 valence electrons. The first-order valence-electron chi connectivity index (χ1n) is 11.7. The maximum atomic E-state index is 13.3. The molecule has 1 aromatic rings. The van der Waals surface area contributed by atoms with Gasteiger partial charge in [0.1, 0.15) is 11.9 Å². The highest BCUT2D eigenvalue weighted by Gasteiger charge is 2.35. The second kappa shape index (κ2) is 11.6. The first kappa shape index (κ1) is 25.9. The van der Waals surface area contributed by atoms with Gasteiger partial charge in [-0.3, -0.25) is 9.59 Å². The predicted molar refractivity (Wildman–Crippen MR) is 125 cm³/mol. The van der Waals surface area contributed by atoms with Gasteiger partial charge in [0.25, 0.3) is 5.91 Å². The predicted octanol–water partition coefficient (Wildman–Crippen LogP) is 2.08. The molecule has 0 spiro atoms. The Labute approximate surface area is 201 Å². The average Bonchev–Trinajstić information content (AvgIpc) is 2.85. The lowest BCUT2D eigenvalue weighted by molar-refractivity contribution is -0.154. The third-order valence-electron chi connectivity index (χ3n) is 6.77. The summed E-state index contributed by atoms with van der Waals surface area (Å²) < 4.78 is 23.6. The van der Waals surface area contributed by atoms with E-state index >= 15 is 0 Å². The van der Waals surface area contributed by atoms with Crippen LogP contribution in [0, 0.1) is 17.2 Å². The summed E-state index contributed by atoms with van der Waals surface area (Å²) >= 11 is 0. The molecule has 34 heavy (non-hydrogen) atoms. The van der Waals surface area contributed by atoms with Crippen LogP contribution in [0.5, 0.6) is 5.75 Å². The molecule has 2 aliphatic heterocycles. The molecule has 2 heterocycles. The Morgan fingerprint density at radius 2 is 1.76 bits per heavy atom. The number of amides is 2. The Morgan fingerprint density at radius 1 is 1.03 bits per heavy atom. The Hall–Kier alpha value is -2.67. The lowest BCUT2D eigenvalue weighted by Crippen LogP contribution is -2.50. The van der Waals surface area contributed by atoms with Gasteiger partial charge in [0, 0.05) is 47.8 Å². The van der Waals surface area contributed by atoms with Gasteiger partial charge < -0.3 is 28.7 Å². The average molecular weight is 474 g/mol. The van der Waals surface area contributed by atoms with Gasteiger partial charge >= 0.3 is 0 Å². The number of ether oxygens (including phenoxy) is 4. The molecule has 0 N–H and O–H groups in total. The van der Waals surface area contributed by atoms with E-state index in [1.165, 1.54) is 18.1 Å². The van der Waals surface area contributed by atoms with Gasteiger partial charge in [-0.1, -0.05) is 6.92 Å². The molecule has 0 radical (unpaired) electrons. The van der Waals surface area contributed by atoms with Crippen LogP contribution in [0.1, 0.15) is 42.1 Å². The zero-order valence-electron chi connectivity index (χ0n) is 20.7. The topological polar surface area (TPSA) is 101 Å². The summed E-state index contributed by atoms with van der Waals surface area (Å²) in [5, 5.41) is 9.33. The molecule has 2 bridgehead atoms. The van der Waals surface area contributed by atoms with E-state index in [1.54, 1.807) is 45.2 Å². The van der Waals surface area contributed by atoms with Crippen LogP contribution < -0.4 is 4.74 Å². The van der Waals surface area contributed by atoms with E-state index in [-0.39, 0.29) is 36.7 Å². The van der Waals surface area contributed by atoms with Crippen LogP contribution in [-0.2, 0) is 19.0 Å². The van der Waals surface area contributed by atoms with Crippen LogP contribution in [0.2, 0.25) is 0 Å².